The summed E-state index contributed by atoms with van der Waals surface area (Å²) in [5.41, 5.74) is -0.396. The normalized spacial score (nSPS) is 11.2. The molecular weight excluding hydrogens is 224 g/mol. The first-order valence-electron chi connectivity index (χ1n) is 4.89. The summed E-state index contributed by atoms with van der Waals surface area (Å²) < 4.78 is 5.48. The minimum absolute atomic E-state index is 0.505. The number of hydrogen-bond acceptors (Lipinski definition) is 2. The third-order valence-electron chi connectivity index (χ3n) is 1.99. The highest BCUT2D eigenvalue weighted by Crippen LogP contribution is 2.26. The fourth-order valence-electron chi connectivity index (χ4n) is 1.30. The van der Waals surface area contributed by atoms with Gasteiger partial charge in [-0.25, -0.2) is 0 Å². The number of para-hydroxylation sites is 1. The predicted octanol–water partition coefficient (Wildman–Crippen LogP) is 3.21. The molecule has 0 saturated heterocycles. The van der Waals surface area contributed by atoms with Gasteiger partial charge in [0.1, 0.15) is 5.60 Å². The molecule has 0 unspecified atom stereocenters. The van der Waals surface area contributed by atoms with E-state index in [1.165, 1.54) is 0 Å². The zero-order chi connectivity index (χ0) is 11.8. The minimum atomic E-state index is -1.03. The summed E-state index contributed by atoms with van der Waals surface area (Å²) in [7, 11) is 0. The van der Waals surface area contributed by atoms with Gasteiger partial charge in [0.15, 0.2) is 11.3 Å². The van der Waals surface area contributed by atoms with Gasteiger partial charge in [-0.05, 0) is 25.8 Å². The van der Waals surface area contributed by atoms with Gasteiger partial charge in [-0.3, -0.25) is 0 Å². The zero-order valence-corrected chi connectivity index (χ0v) is 9.80. The molecule has 82 valence electrons. The van der Waals surface area contributed by atoms with E-state index in [1.807, 2.05) is 12.1 Å². The van der Waals surface area contributed by atoms with E-state index in [-0.39, 0.29) is 0 Å². The number of aliphatic hydroxyl groups is 1. The quantitative estimate of drug-likeness (QED) is 0.710. The van der Waals surface area contributed by atoms with Crippen molar-refractivity contribution in [2.24, 2.45) is 0 Å². The Morgan fingerprint density at radius 2 is 2.12 bits per heavy atom. The van der Waals surface area contributed by atoms with Gasteiger partial charge in [0.05, 0.1) is 5.02 Å². The van der Waals surface area contributed by atoms with Gasteiger partial charge in [-0.1, -0.05) is 29.7 Å². The van der Waals surface area contributed by atoms with Crippen molar-refractivity contribution >= 4 is 22.6 Å². The molecule has 0 spiro atoms. The third kappa shape index (κ3) is 2.38. The van der Waals surface area contributed by atoms with E-state index in [0.717, 1.165) is 5.39 Å². The van der Waals surface area contributed by atoms with Gasteiger partial charge in [-0.2, -0.15) is 0 Å². The van der Waals surface area contributed by atoms with Crippen molar-refractivity contribution in [3.63, 3.8) is 0 Å². The second-order valence-electron chi connectivity index (χ2n) is 4.08. The molecule has 1 aromatic carbocycles. The lowest BCUT2D eigenvalue weighted by Gasteiger charge is -2.05. The summed E-state index contributed by atoms with van der Waals surface area (Å²) in [6.45, 7) is 3.24. The van der Waals surface area contributed by atoms with Crippen molar-refractivity contribution in [1.29, 1.82) is 0 Å². The van der Waals surface area contributed by atoms with Gasteiger partial charge in [0, 0.05) is 11.5 Å². The molecule has 0 saturated carbocycles. The van der Waals surface area contributed by atoms with E-state index in [9.17, 15) is 5.11 Å². The van der Waals surface area contributed by atoms with Gasteiger partial charge < -0.3 is 9.52 Å². The predicted molar refractivity (Wildman–Crippen MR) is 64.4 cm³/mol. The molecule has 0 bridgehead atoms. The second kappa shape index (κ2) is 3.86. The third-order valence-corrected chi connectivity index (χ3v) is 2.29. The lowest BCUT2D eigenvalue weighted by Crippen LogP contribution is -2.14. The van der Waals surface area contributed by atoms with E-state index in [1.54, 1.807) is 26.0 Å². The Hall–Kier alpha value is -1.43. The van der Waals surface area contributed by atoms with Crippen molar-refractivity contribution in [2.75, 3.05) is 0 Å². The van der Waals surface area contributed by atoms with Crippen LogP contribution in [0.2, 0.25) is 5.02 Å². The molecule has 0 fully saturated rings. The molecule has 0 atom stereocenters. The lowest BCUT2D eigenvalue weighted by atomic mass is 10.1. The summed E-state index contributed by atoms with van der Waals surface area (Å²) in [5, 5.41) is 10.9. The van der Waals surface area contributed by atoms with Gasteiger partial charge in [0.25, 0.3) is 0 Å². The van der Waals surface area contributed by atoms with Crippen LogP contribution in [0.1, 0.15) is 19.6 Å². The van der Waals surface area contributed by atoms with Crippen LogP contribution in [0, 0.1) is 11.8 Å². The average molecular weight is 235 g/mol. The summed E-state index contributed by atoms with van der Waals surface area (Å²) in [4.78, 5) is 0. The van der Waals surface area contributed by atoms with Crippen LogP contribution >= 0.6 is 11.6 Å². The van der Waals surface area contributed by atoms with Crippen LogP contribution in [0.15, 0.2) is 28.7 Å². The van der Waals surface area contributed by atoms with Gasteiger partial charge in [-0.15, -0.1) is 0 Å². The highest BCUT2D eigenvalue weighted by Gasteiger charge is 2.08. The molecule has 3 heteroatoms. The minimum Gasteiger partial charge on any atom is -0.446 e. The standard InChI is InChI=1S/C13H11ClO2/c1-13(2,15)7-6-10-8-9-4-3-5-11(14)12(9)16-10/h3-5,8,15H,1-2H3. The summed E-state index contributed by atoms with van der Waals surface area (Å²) in [6, 6.07) is 7.33. The number of furan rings is 1. The van der Waals surface area contributed by atoms with Crippen LogP contribution in [0.25, 0.3) is 11.0 Å². The van der Waals surface area contributed by atoms with E-state index in [0.29, 0.717) is 16.4 Å². The summed E-state index contributed by atoms with van der Waals surface area (Å²) in [6.07, 6.45) is 0. The molecule has 0 aliphatic heterocycles. The molecule has 16 heavy (non-hydrogen) atoms. The van der Waals surface area contributed by atoms with Crippen LogP contribution in [0.5, 0.6) is 0 Å². The Morgan fingerprint density at radius 1 is 1.38 bits per heavy atom. The first-order chi connectivity index (χ1) is 7.46. The molecule has 1 heterocycles. The SMILES string of the molecule is CC(C)(O)C#Cc1cc2cccc(Cl)c2o1. The largest absolute Gasteiger partial charge is 0.446 e. The van der Waals surface area contributed by atoms with Crippen LogP contribution in [0.4, 0.5) is 0 Å². The average Bonchev–Trinajstić information content (AvgIpc) is 2.58. The van der Waals surface area contributed by atoms with Crippen molar-refractivity contribution in [3.8, 4) is 11.8 Å². The maximum Gasteiger partial charge on any atom is 0.178 e. The molecule has 0 radical (unpaired) electrons. The topological polar surface area (TPSA) is 33.4 Å². The Kier molecular flexibility index (Phi) is 2.67. The van der Waals surface area contributed by atoms with E-state index < -0.39 is 5.60 Å². The molecule has 0 aliphatic carbocycles. The fourth-order valence-corrected chi connectivity index (χ4v) is 1.52. The van der Waals surface area contributed by atoms with Crippen LogP contribution in [0.3, 0.4) is 0 Å². The smallest absolute Gasteiger partial charge is 0.178 e. The number of halogens is 1. The van der Waals surface area contributed by atoms with Crippen LogP contribution in [-0.2, 0) is 0 Å². The molecule has 1 N–H and O–H groups in total. The van der Waals surface area contributed by atoms with Crippen molar-refractivity contribution < 1.29 is 9.52 Å². The zero-order valence-electron chi connectivity index (χ0n) is 9.04. The highest BCUT2D eigenvalue weighted by atomic mass is 35.5. The van der Waals surface area contributed by atoms with Crippen molar-refractivity contribution in [3.05, 3.63) is 35.0 Å². The number of fused-ring (bicyclic) bond motifs is 1. The maximum absolute atomic E-state index is 9.47. The van der Waals surface area contributed by atoms with Gasteiger partial charge in [0.2, 0.25) is 0 Å². The van der Waals surface area contributed by atoms with Crippen LogP contribution < -0.4 is 0 Å². The number of benzene rings is 1. The second-order valence-corrected chi connectivity index (χ2v) is 4.49. The lowest BCUT2D eigenvalue weighted by molar-refractivity contribution is 0.143. The maximum atomic E-state index is 9.47. The van der Waals surface area contributed by atoms with E-state index in [4.69, 9.17) is 16.0 Å². The summed E-state index contributed by atoms with van der Waals surface area (Å²) >= 11 is 5.97. The molecular formula is C13H11ClO2. The molecule has 1 aromatic heterocycles. The molecule has 2 aromatic rings. The first-order valence-corrected chi connectivity index (χ1v) is 5.27. The van der Waals surface area contributed by atoms with Gasteiger partial charge >= 0.3 is 0 Å². The van der Waals surface area contributed by atoms with Crippen molar-refractivity contribution in [2.45, 2.75) is 19.4 Å². The highest BCUT2D eigenvalue weighted by molar-refractivity contribution is 6.34. The Balaban J connectivity index is 2.47. The molecule has 2 nitrogen and oxygen atoms in total. The van der Waals surface area contributed by atoms with E-state index >= 15 is 0 Å². The van der Waals surface area contributed by atoms with E-state index in [2.05, 4.69) is 11.8 Å². The molecule has 0 amide bonds. The first kappa shape index (κ1) is 11.1. The molecule has 2 rings (SSSR count). The Morgan fingerprint density at radius 3 is 2.75 bits per heavy atom. The van der Waals surface area contributed by atoms with Crippen molar-refractivity contribution in [1.82, 2.24) is 0 Å². The number of hydrogen-bond donors (Lipinski definition) is 1. The Bertz CT molecular complexity index is 579. The van der Waals surface area contributed by atoms with Crippen LogP contribution in [-0.4, -0.2) is 10.7 Å². The summed E-state index contributed by atoms with van der Waals surface area (Å²) in [5.74, 6) is 5.97. The fraction of sp³-hybridized carbons (Fsp3) is 0.231. The monoisotopic (exact) mass is 234 g/mol. The Labute approximate surface area is 98.8 Å². The number of rotatable bonds is 0. The molecule has 0 aliphatic rings.